The molecule has 0 saturated carbocycles. The fourth-order valence-corrected chi connectivity index (χ4v) is 4.70. The minimum atomic E-state index is 0.138. The largest absolute Gasteiger partial charge is 0.336 e. The van der Waals surface area contributed by atoms with Gasteiger partial charge in [-0.15, -0.1) is 0 Å². The molecular formula is C20H34N6O. The summed E-state index contributed by atoms with van der Waals surface area (Å²) in [6.45, 7) is 8.02. The van der Waals surface area contributed by atoms with Crippen LogP contribution in [0.3, 0.4) is 0 Å². The molecule has 0 bridgehead atoms. The first-order chi connectivity index (χ1) is 13.2. The maximum absolute atomic E-state index is 12.9. The van der Waals surface area contributed by atoms with E-state index in [1.54, 1.807) is 6.20 Å². The van der Waals surface area contributed by atoms with Gasteiger partial charge in [0.25, 0.3) is 5.91 Å². The van der Waals surface area contributed by atoms with Crippen molar-refractivity contribution in [1.82, 2.24) is 29.8 Å². The Kier molecular flexibility index (Phi) is 6.10. The second kappa shape index (κ2) is 8.71. The molecule has 27 heavy (non-hydrogen) atoms. The number of nitrogens with zero attached hydrogens (tertiary/aromatic N) is 5. The number of carbonyl (C=O) groups excluding carboxylic acids is 1. The number of piperidine rings is 2. The van der Waals surface area contributed by atoms with Crippen LogP contribution in [0.1, 0.15) is 48.5 Å². The molecule has 0 aromatic carbocycles. The highest BCUT2D eigenvalue weighted by atomic mass is 16.2. The van der Waals surface area contributed by atoms with Gasteiger partial charge in [-0.3, -0.25) is 14.4 Å². The molecule has 2 atom stereocenters. The summed E-state index contributed by atoms with van der Waals surface area (Å²) in [7, 11) is 2.25. The van der Waals surface area contributed by atoms with E-state index in [9.17, 15) is 4.79 Å². The smallest absolute Gasteiger partial charge is 0.257 e. The molecule has 3 aliphatic heterocycles. The number of hydrogen-bond donors (Lipinski definition) is 1. The maximum atomic E-state index is 12.9. The topological polar surface area (TPSA) is 56.6 Å². The summed E-state index contributed by atoms with van der Waals surface area (Å²) < 4.78 is 1.98. The number of rotatable bonds is 4. The SMILES string of the molecule is CN1CCCCC1CN1CCN(C(=O)c2cnn(C3CCCNC3)c2)CC1. The maximum Gasteiger partial charge on any atom is 0.257 e. The molecule has 2 unspecified atom stereocenters. The van der Waals surface area contributed by atoms with Crippen molar-refractivity contribution in [2.75, 3.05) is 59.4 Å². The highest BCUT2D eigenvalue weighted by Crippen LogP contribution is 2.19. The molecule has 150 valence electrons. The lowest BCUT2D eigenvalue weighted by Gasteiger charge is -2.40. The fourth-order valence-electron chi connectivity index (χ4n) is 4.70. The molecule has 3 fully saturated rings. The van der Waals surface area contributed by atoms with Gasteiger partial charge in [0.2, 0.25) is 0 Å². The van der Waals surface area contributed by atoms with E-state index >= 15 is 0 Å². The zero-order chi connectivity index (χ0) is 18.6. The summed E-state index contributed by atoms with van der Waals surface area (Å²) >= 11 is 0. The molecule has 4 heterocycles. The highest BCUT2D eigenvalue weighted by molar-refractivity contribution is 5.93. The van der Waals surface area contributed by atoms with E-state index in [1.165, 1.54) is 32.2 Å². The molecule has 1 amide bonds. The Morgan fingerprint density at radius 2 is 2.00 bits per heavy atom. The van der Waals surface area contributed by atoms with Crippen LogP contribution in [0.2, 0.25) is 0 Å². The van der Waals surface area contributed by atoms with E-state index in [0.717, 1.165) is 57.8 Å². The highest BCUT2D eigenvalue weighted by Gasteiger charge is 2.27. The number of aromatic nitrogens is 2. The average molecular weight is 375 g/mol. The van der Waals surface area contributed by atoms with Crippen LogP contribution in [0.4, 0.5) is 0 Å². The third kappa shape index (κ3) is 4.52. The lowest BCUT2D eigenvalue weighted by Crippen LogP contribution is -2.53. The van der Waals surface area contributed by atoms with Crippen LogP contribution in [-0.2, 0) is 0 Å². The van der Waals surface area contributed by atoms with Crippen molar-refractivity contribution in [3.05, 3.63) is 18.0 Å². The summed E-state index contributed by atoms with van der Waals surface area (Å²) in [6, 6.07) is 1.06. The van der Waals surface area contributed by atoms with Crippen LogP contribution in [0.5, 0.6) is 0 Å². The van der Waals surface area contributed by atoms with Crippen LogP contribution >= 0.6 is 0 Å². The van der Waals surface area contributed by atoms with Gasteiger partial charge < -0.3 is 15.1 Å². The summed E-state index contributed by atoms with van der Waals surface area (Å²) in [4.78, 5) is 19.9. The van der Waals surface area contributed by atoms with Crippen molar-refractivity contribution in [2.45, 2.75) is 44.2 Å². The normalized spacial score (nSPS) is 28.4. The van der Waals surface area contributed by atoms with Crippen molar-refractivity contribution in [3.63, 3.8) is 0 Å². The zero-order valence-corrected chi connectivity index (χ0v) is 16.6. The van der Waals surface area contributed by atoms with E-state index in [4.69, 9.17) is 0 Å². The minimum absolute atomic E-state index is 0.138. The predicted octanol–water partition coefficient (Wildman–Crippen LogP) is 1.05. The second-order valence-electron chi connectivity index (χ2n) is 8.43. The molecule has 1 aromatic rings. The van der Waals surface area contributed by atoms with E-state index in [1.807, 2.05) is 15.8 Å². The molecule has 1 aromatic heterocycles. The Morgan fingerprint density at radius 1 is 1.15 bits per heavy atom. The third-order valence-electron chi connectivity index (χ3n) is 6.54. The lowest BCUT2D eigenvalue weighted by atomic mass is 10.0. The number of carbonyl (C=O) groups is 1. The van der Waals surface area contributed by atoms with Gasteiger partial charge in [-0.05, 0) is 45.8 Å². The molecule has 0 aliphatic carbocycles. The molecule has 7 heteroatoms. The number of nitrogens with one attached hydrogen (secondary N) is 1. The summed E-state index contributed by atoms with van der Waals surface area (Å²) in [5.41, 5.74) is 0.737. The number of amides is 1. The Morgan fingerprint density at radius 3 is 2.74 bits per heavy atom. The number of likely N-dealkylation sites (N-methyl/N-ethyl adjacent to an activating group) is 1. The van der Waals surface area contributed by atoms with Crippen molar-refractivity contribution in [2.24, 2.45) is 0 Å². The molecule has 3 saturated heterocycles. The van der Waals surface area contributed by atoms with Gasteiger partial charge in [0, 0.05) is 51.5 Å². The van der Waals surface area contributed by atoms with E-state index in [2.05, 4.69) is 27.3 Å². The minimum Gasteiger partial charge on any atom is -0.336 e. The molecule has 1 N–H and O–H groups in total. The van der Waals surface area contributed by atoms with Crippen LogP contribution in [0, 0.1) is 0 Å². The first kappa shape index (κ1) is 18.9. The standard InChI is InChI=1S/C20H34N6O/c1-23-8-3-2-5-19(23)16-24-9-11-25(12-10-24)20(27)17-13-22-26(15-17)18-6-4-7-21-14-18/h13,15,18-19,21H,2-12,14,16H2,1H3. The van der Waals surface area contributed by atoms with Gasteiger partial charge in [-0.2, -0.15) is 5.10 Å². The molecule has 0 spiro atoms. The molecule has 0 radical (unpaired) electrons. The van der Waals surface area contributed by atoms with Crippen molar-refractivity contribution in [3.8, 4) is 0 Å². The van der Waals surface area contributed by atoms with Gasteiger partial charge in [-0.25, -0.2) is 0 Å². The molecule has 4 rings (SSSR count). The van der Waals surface area contributed by atoms with Crippen molar-refractivity contribution >= 4 is 5.91 Å². The summed E-state index contributed by atoms with van der Waals surface area (Å²) in [5.74, 6) is 0.138. The quantitative estimate of drug-likeness (QED) is 0.854. The van der Waals surface area contributed by atoms with Gasteiger partial charge in [-0.1, -0.05) is 6.42 Å². The summed E-state index contributed by atoms with van der Waals surface area (Å²) in [6.07, 6.45) is 10.0. The van der Waals surface area contributed by atoms with Crippen LogP contribution in [-0.4, -0.2) is 95.8 Å². The monoisotopic (exact) mass is 374 g/mol. The third-order valence-corrected chi connectivity index (χ3v) is 6.54. The number of hydrogen-bond acceptors (Lipinski definition) is 5. The van der Waals surface area contributed by atoms with E-state index in [0.29, 0.717) is 12.1 Å². The Hall–Kier alpha value is -1.44. The number of likely N-dealkylation sites (tertiary alicyclic amines) is 1. The first-order valence-corrected chi connectivity index (χ1v) is 10.7. The Balaban J connectivity index is 1.28. The van der Waals surface area contributed by atoms with Crippen LogP contribution in [0.15, 0.2) is 12.4 Å². The number of piperazine rings is 1. The van der Waals surface area contributed by atoms with E-state index in [-0.39, 0.29) is 5.91 Å². The Bertz CT molecular complexity index is 618. The van der Waals surface area contributed by atoms with E-state index < -0.39 is 0 Å². The van der Waals surface area contributed by atoms with Gasteiger partial charge in [0.15, 0.2) is 0 Å². The fraction of sp³-hybridized carbons (Fsp3) is 0.800. The van der Waals surface area contributed by atoms with Crippen LogP contribution in [0.25, 0.3) is 0 Å². The van der Waals surface area contributed by atoms with Crippen LogP contribution < -0.4 is 5.32 Å². The van der Waals surface area contributed by atoms with Gasteiger partial charge in [0.1, 0.15) is 0 Å². The Labute approximate surface area is 162 Å². The lowest BCUT2D eigenvalue weighted by molar-refractivity contribution is 0.0564. The average Bonchev–Trinajstić information content (AvgIpc) is 3.21. The molecule has 3 aliphatic rings. The first-order valence-electron chi connectivity index (χ1n) is 10.7. The molecule has 7 nitrogen and oxygen atoms in total. The predicted molar refractivity (Wildman–Crippen MR) is 106 cm³/mol. The second-order valence-corrected chi connectivity index (χ2v) is 8.43. The summed E-state index contributed by atoms with van der Waals surface area (Å²) in [5, 5.41) is 7.88. The molecular weight excluding hydrogens is 340 g/mol. The van der Waals surface area contributed by atoms with Crippen molar-refractivity contribution < 1.29 is 4.79 Å². The van der Waals surface area contributed by atoms with Gasteiger partial charge >= 0.3 is 0 Å². The van der Waals surface area contributed by atoms with Gasteiger partial charge in [0.05, 0.1) is 17.8 Å². The van der Waals surface area contributed by atoms with Crippen molar-refractivity contribution in [1.29, 1.82) is 0 Å². The zero-order valence-electron chi connectivity index (χ0n) is 16.6.